The first kappa shape index (κ1) is 18.6. The summed E-state index contributed by atoms with van der Waals surface area (Å²) >= 11 is 1.70. The van der Waals surface area contributed by atoms with E-state index in [-0.39, 0.29) is 17.8 Å². The Morgan fingerprint density at radius 3 is 2.77 bits per heavy atom. The fourth-order valence-corrected chi connectivity index (χ4v) is 4.18. The highest BCUT2D eigenvalue weighted by molar-refractivity contribution is 7.99. The summed E-state index contributed by atoms with van der Waals surface area (Å²) in [5.41, 5.74) is 1.88. The van der Waals surface area contributed by atoms with Gasteiger partial charge in [-0.1, -0.05) is 6.07 Å². The molecule has 0 radical (unpaired) electrons. The van der Waals surface area contributed by atoms with Gasteiger partial charge in [-0.3, -0.25) is 4.79 Å². The van der Waals surface area contributed by atoms with E-state index in [2.05, 4.69) is 5.32 Å². The number of fused-ring (bicyclic) bond motifs is 1. The summed E-state index contributed by atoms with van der Waals surface area (Å²) in [4.78, 5) is 13.4. The van der Waals surface area contributed by atoms with Crippen LogP contribution in [0.5, 0.6) is 11.5 Å². The molecule has 0 unspecified atom stereocenters. The van der Waals surface area contributed by atoms with Gasteiger partial charge in [0, 0.05) is 17.1 Å². The second-order valence-corrected chi connectivity index (χ2v) is 7.27. The molecule has 1 aliphatic heterocycles. The van der Waals surface area contributed by atoms with Crippen molar-refractivity contribution in [3.05, 3.63) is 53.3 Å². The Labute approximate surface area is 157 Å². The molecular weight excluding hydrogens is 353 g/mol. The van der Waals surface area contributed by atoms with Gasteiger partial charge in [-0.25, -0.2) is 4.39 Å². The molecule has 26 heavy (non-hydrogen) atoms. The van der Waals surface area contributed by atoms with Crippen molar-refractivity contribution < 1.29 is 18.7 Å². The number of hydrogen-bond acceptors (Lipinski definition) is 4. The fraction of sp³-hybridized carbons (Fsp3) is 0.350. The molecule has 0 spiro atoms. The quantitative estimate of drug-likeness (QED) is 0.825. The van der Waals surface area contributed by atoms with E-state index in [1.54, 1.807) is 32.0 Å². The summed E-state index contributed by atoms with van der Waals surface area (Å²) in [6, 6.07) is 10.3. The van der Waals surface area contributed by atoms with Crippen LogP contribution in [0, 0.1) is 5.82 Å². The third-order valence-corrected chi connectivity index (χ3v) is 5.56. The van der Waals surface area contributed by atoms with E-state index in [0.717, 1.165) is 28.2 Å². The minimum atomic E-state index is -0.268. The van der Waals surface area contributed by atoms with E-state index < -0.39 is 0 Å². The second kappa shape index (κ2) is 8.45. The molecule has 1 aliphatic rings. The molecule has 0 aromatic heterocycles. The molecule has 0 fully saturated rings. The molecule has 4 nitrogen and oxygen atoms in total. The topological polar surface area (TPSA) is 47.6 Å². The number of amides is 1. The number of halogens is 1. The summed E-state index contributed by atoms with van der Waals surface area (Å²) < 4.78 is 24.1. The molecule has 1 N–H and O–H groups in total. The normalized spacial score (nSPS) is 15.9. The zero-order valence-corrected chi connectivity index (χ0v) is 15.7. The summed E-state index contributed by atoms with van der Waals surface area (Å²) in [5.74, 6) is 1.93. The number of aryl methyl sites for hydroxylation is 1. The van der Waals surface area contributed by atoms with E-state index in [9.17, 15) is 9.18 Å². The van der Waals surface area contributed by atoms with E-state index in [1.165, 1.54) is 12.1 Å². The van der Waals surface area contributed by atoms with Crippen LogP contribution < -0.4 is 14.8 Å². The summed E-state index contributed by atoms with van der Waals surface area (Å²) in [6.07, 6.45) is 1.77. The summed E-state index contributed by atoms with van der Waals surface area (Å²) in [5, 5.41) is 3.05. The number of thioether (sulfide) groups is 1. The predicted molar refractivity (Wildman–Crippen MR) is 100 cm³/mol. The number of carbonyl (C=O) groups excluding carboxylic acids is 1. The van der Waals surface area contributed by atoms with Crippen molar-refractivity contribution in [2.24, 2.45) is 0 Å². The average molecular weight is 375 g/mol. The lowest BCUT2D eigenvalue weighted by Gasteiger charge is -2.26. The number of nitrogens with one attached hydrogen (secondary N) is 1. The molecule has 2 aromatic rings. The zero-order valence-electron chi connectivity index (χ0n) is 14.9. The third-order valence-electron chi connectivity index (χ3n) is 4.44. The van der Waals surface area contributed by atoms with Crippen LogP contribution in [0.4, 0.5) is 4.39 Å². The zero-order chi connectivity index (χ0) is 18.5. The lowest BCUT2D eigenvalue weighted by molar-refractivity contribution is -0.121. The van der Waals surface area contributed by atoms with Crippen LogP contribution in [0.25, 0.3) is 0 Å². The van der Waals surface area contributed by atoms with Gasteiger partial charge in [0.15, 0.2) is 11.5 Å². The van der Waals surface area contributed by atoms with E-state index in [0.29, 0.717) is 24.3 Å². The first-order valence-electron chi connectivity index (χ1n) is 8.53. The van der Waals surface area contributed by atoms with Gasteiger partial charge in [0.25, 0.3) is 0 Å². The number of benzene rings is 2. The monoisotopic (exact) mass is 375 g/mol. The molecule has 1 amide bonds. The molecule has 138 valence electrons. The van der Waals surface area contributed by atoms with Crippen molar-refractivity contribution >= 4 is 17.7 Å². The van der Waals surface area contributed by atoms with Gasteiger partial charge >= 0.3 is 0 Å². The second-order valence-electron chi connectivity index (χ2n) is 6.13. The van der Waals surface area contributed by atoms with Gasteiger partial charge in [-0.15, -0.1) is 11.8 Å². The maximum atomic E-state index is 13.6. The van der Waals surface area contributed by atoms with Gasteiger partial charge in [-0.05, 0) is 54.3 Å². The van der Waals surface area contributed by atoms with Crippen LogP contribution in [0.1, 0.15) is 30.0 Å². The minimum Gasteiger partial charge on any atom is -0.493 e. The van der Waals surface area contributed by atoms with Gasteiger partial charge in [0.05, 0.1) is 20.3 Å². The lowest BCUT2D eigenvalue weighted by atomic mass is 10.0. The Morgan fingerprint density at radius 2 is 2.00 bits per heavy atom. The van der Waals surface area contributed by atoms with Crippen molar-refractivity contribution in [1.82, 2.24) is 5.32 Å². The minimum absolute atomic E-state index is 0.0353. The lowest BCUT2D eigenvalue weighted by Crippen LogP contribution is -2.30. The Bertz CT molecular complexity index is 797. The molecule has 0 aliphatic carbocycles. The SMILES string of the molecule is COc1ccc(CCC(=O)N[C@H]2CCSc3ccc(F)cc32)cc1OC. The van der Waals surface area contributed by atoms with E-state index in [1.807, 2.05) is 18.2 Å². The molecule has 0 bridgehead atoms. The number of ether oxygens (including phenoxy) is 2. The van der Waals surface area contributed by atoms with Crippen molar-refractivity contribution in [1.29, 1.82) is 0 Å². The van der Waals surface area contributed by atoms with Gasteiger partial charge in [0.1, 0.15) is 5.82 Å². The highest BCUT2D eigenvalue weighted by Crippen LogP contribution is 2.36. The number of hydrogen-bond donors (Lipinski definition) is 1. The maximum Gasteiger partial charge on any atom is 0.220 e. The highest BCUT2D eigenvalue weighted by atomic mass is 32.2. The molecule has 3 rings (SSSR count). The van der Waals surface area contributed by atoms with E-state index in [4.69, 9.17) is 9.47 Å². The predicted octanol–water partition coefficient (Wildman–Crippen LogP) is 4.13. The Balaban J connectivity index is 1.61. The van der Waals surface area contributed by atoms with Crippen molar-refractivity contribution in [2.75, 3.05) is 20.0 Å². The Kier molecular flexibility index (Phi) is 6.04. The molecule has 0 saturated heterocycles. The van der Waals surface area contributed by atoms with Crippen LogP contribution >= 0.6 is 11.8 Å². The Hall–Kier alpha value is -2.21. The number of methoxy groups -OCH3 is 2. The number of rotatable bonds is 6. The molecule has 1 atom stereocenters. The standard InChI is InChI=1S/C20H22FNO3S/c1-24-17-6-3-13(11-18(17)25-2)4-8-20(23)22-16-9-10-26-19-7-5-14(21)12-15(16)19/h3,5-7,11-12,16H,4,8-10H2,1-2H3,(H,22,23)/t16-/m0/s1. The van der Waals surface area contributed by atoms with Crippen LogP contribution in [-0.4, -0.2) is 25.9 Å². The third kappa shape index (κ3) is 4.30. The van der Waals surface area contributed by atoms with Crippen molar-refractivity contribution in [3.63, 3.8) is 0 Å². The van der Waals surface area contributed by atoms with Gasteiger partial charge in [-0.2, -0.15) is 0 Å². The molecule has 1 heterocycles. The number of carbonyl (C=O) groups is 1. The van der Waals surface area contributed by atoms with Crippen molar-refractivity contribution in [2.45, 2.75) is 30.2 Å². The Morgan fingerprint density at radius 1 is 1.19 bits per heavy atom. The van der Waals surface area contributed by atoms with Gasteiger partial charge < -0.3 is 14.8 Å². The van der Waals surface area contributed by atoms with Crippen LogP contribution in [-0.2, 0) is 11.2 Å². The summed E-state index contributed by atoms with van der Waals surface area (Å²) in [7, 11) is 3.18. The van der Waals surface area contributed by atoms with Crippen molar-refractivity contribution in [3.8, 4) is 11.5 Å². The molecule has 0 saturated carbocycles. The maximum absolute atomic E-state index is 13.6. The molecule has 2 aromatic carbocycles. The first-order valence-corrected chi connectivity index (χ1v) is 9.52. The van der Waals surface area contributed by atoms with Crippen LogP contribution in [0.2, 0.25) is 0 Å². The largest absolute Gasteiger partial charge is 0.493 e. The molecular formula is C20H22FNO3S. The fourth-order valence-electron chi connectivity index (χ4n) is 3.08. The average Bonchev–Trinajstić information content (AvgIpc) is 2.66. The van der Waals surface area contributed by atoms with Crippen LogP contribution in [0.15, 0.2) is 41.3 Å². The smallest absolute Gasteiger partial charge is 0.220 e. The van der Waals surface area contributed by atoms with Gasteiger partial charge in [0.2, 0.25) is 5.91 Å². The summed E-state index contributed by atoms with van der Waals surface area (Å²) in [6.45, 7) is 0. The highest BCUT2D eigenvalue weighted by Gasteiger charge is 2.22. The first-order chi connectivity index (χ1) is 12.6. The van der Waals surface area contributed by atoms with E-state index >= 15 is 0 Å². The van der Waals surface area contributed by atoms with Crippen LogP contribution in [0.3, 0.4) is 0 Å². The molecule has 6 heteroatoms.